The highest BCUT2D eigenvalue weighted by atomic mass is 35.5. The molecule has 0 saturated carbocycles. The summed E-state index contributed by atoms with van der Waals surface area (Å²) >= 11 is 6.13. The van der Waals surface area contributed by atoms with Crippen molar-refractivity contribution in [3.05, 3.63) is 72.0 Å². The fourth-order valence-electron chi connectivity index (χ4n) is 3.34. The molecule has 0 radical (unpaired) electrons. The Kier molecular flexibility index (Phi) is 5.12. The van der Waals surface area contributed by atoms with E-state index in [-0.39, 0.29) is 0 Å². The molecule has 0 spiro atoms. The highest BCUT2D eigenvalue weighted by molar-refractivity contribution is 6.30. The Morgan fingerprint density at radius 2 is 1.59 bits per heavy atom. The Morgan fingerprint density at radius 1 is 0.852 bits per heavy atom. The van der Waals surface area contributed by atoms with Gasteiger partial charge in [0, 0.05) is 55.7 Å². The highest BCUT2D eigenvalue weighted by Gasteiger charge is 2.19. The molecule has 1 aromatic heterocycles. The number of piperazine rings is 1. The van der Waals surface area contributed by atoms with Crippen molar-refractivity contribution >= 4 is 34.6 Å². The number of hydrogen-bond acceptors (Lipinski definition) is 5. The van der Waals surface area contributed by atoms with E-state index in [1.54, 1.807) is 6.33 Å². The van der Waals surface area contributed by atoms with E-state index in [1.165, 1.54) is 5.69 Å². The molecule has 2 aromatic carbocycles. The molecule has 1 aliphatic rings. The van der Waals surface area contributed by atoms with Crippen molar-refractivity contribution < 1.29 is 0 Å². The lowest BCUT2D eigenvalue weighted by Gasteiger charge is -2.37. The highest BCUT2D eigenvalue weighted by Crippen LogP contribution is 2.26. The van der Waals surface area contributed by atoms with Gasteiger partial charge in [0.25, 0.3) is 0 Å². The molecule has 6 heteroatoms. The Hall–Kier alpha value is -2.79. The molecule has 2 heterocycles. The topological polar surface area (TPSA) is 35.5 Å². The number of para-hydroxylation sites is 1. The second kappa shape index (κ2) is 7.84. The SMILES string of the molecule is CN(c1ccccc1)c1cc(N2CCN(c3cccc(Cl)c3)CC2)ncn1. The summed E-state index contributed by atoms with van der Waals surface area (Å²) in [5.74, 6) is 1.86. The van der Waals surface area contributed by atoms with E-state index in [0.717, 1.165) is 48.5 Å². The summed E-state index contributed by atoms with van der Waals surface area (Å²) in [6, 6.07) is 20.3. The molecular weight excluding hydrogens is 358 g/mol. The lowest BCUT2D eigenvalue weighted by Crippen LogP contribution is -2.46. The third-order valence-corrected chi connectivity index (χ3v) is 5.14. The summed E-state index contributed by atoms with van der Waals surface area (Å²) < 4.78 is 0. The van der Waals surface area contributed by atoms with Crippen LogP contribution in [0.3, 0.4) is 0 Å². The molecule has 0 amide bonds. The number of anilines is 4. The second-order valence-electron chi connectivity index (χ2n) is 6.58. The molecular formula is C21H22ClN5. The van der Waals surface area contributed by atoms with Crippen LogP contribution in [0.15, 0.2) is 67.0 Å². The lowest BCUT2D eigenvalue weighted by molar-refractivity contribution is 0.647. The van der Waals surface area contributed by atoms with Crippen LogP contribution in [0.4, 0.5) is 23.0 Å². The average molecular weight is 380 g/mol. The minimum absolute atomic E-state index is 0.777. The summed E-state index contributed by atoms with van der Waals surface area (Å²) in [5.41, 5.74) is 2.28. The van der Waals surface area contributed by atoms with Crippen molar-refractivity contribution in [2.45, 2.75) is 0 Å². The number of benzene rings is 2. The van der Waals surface area contributed by atoms with Gasteiger partial charge in [-0.2, -0.15) is 0 Å². The van der Waals surface area contributed by atoms with Gasteiger partial charge in [-0.3, -0.25) is 0 Å². The van der Waals surface area contributed by atoms with Crippen molar-refractivity contribution in [2.75, 3.05) is 47.9 Å². The summed E-state index contributed by atoms with van der Waals surface area (Å²) in [7, 11) is 2.03. The predicted octanol–water partition coefficient (Wildman–Crippen LogP) is 4.22. The molecule has 0 N–H and O–H groups in total. The number of nitrogens with zero attached hydrogens (tertiary/aromatic N) is 5. The normalized spacial score (nSPS) is 14.3. The smallest absolute Gasteiger partial charge is 0.138 e. The van der Waals surface area contributed by atoms with Crippen LogP contribution in [0.5, 0.6) is 0 Å². The number of halogens is 1. The summed E-state index contributed by atoms with van der Waals surface area (Å²) in [5, 5.41) is 0.777. The quantitative estimate of drug-likeness (QED) is 0.678. The zero-order valence-electron chi connectivity index (χ0n) is 15.3. The first-order chi connectivity index (χ1) is 13.2. The van der Waals surface area contributed by atoms with E-state index in [9.17, 15) is 0 Å². The number of hydrogen-bond donors (Lipinski definition) is 0. The molecule has 138 valence electrons. The molecule has 0 bridgehead atoms. The molecule has 0 unspecified atom stereocenters. The van der Waals surface area contributed by atoms with Crippen LogP contribution in [0.1, 0.15) is 0 Å². The van der Waals surface area contributed by atoms with Gasteiger partial charge in [-0.25, -0.2) is 9.97 Å². The maximum atomic E-state index is 6.13. The van der Waals surface area contributed by atoms with Crippen LogP contribution in [0, 0.1) is 0 Å². The van der Waals surface area contributed by atoms with Crippen molar-refractivity contribution in [3.8, 4) is 0 Å². The van der Waals surface area contributed by atoms with Crippen LogP contribution in [-0.2, 0) is 0 Å². The fraction of sp³-hybridized carbons (Fsp3) is 0.238. The monoisotopic (exact) mass is 379 g/mol. The summed E-state index contributed by atoms with van der Waals surface area (Å²) in [6.07, 6.45) is 1.65. The Bertz CT molecular complexity index is 894. The first-order valence-corrected chi connectivity index (χ1v) is 9.45. The standard InChI is InChI=1S/C21H22ClN5/c1-25(18-7-3-2-4-8-18)20-15-21(24-16-23-20)27-12-10-26(11-13-27)19-9-5-6-17(22)14-19/h2-9,14-16H,10-13H2,1H3. The van der Waals surface area contributed by atoms with E-state index in [1.807, 2.05) is 43.4 Å². The van der Waals surface area contributed by atoms with Crippen molar-refractivity contribution in [1.29, 1.82) is 0 Å². The Balaban J connectivity index is 1.46. The van der Waals surface area contributed by atoms with Gasteiger partial charge in [-0.05, 0) is 30.3 Å². The average Bonchev–Trinajstić information content (AvgIpc) is 2.74. The van der Waals surface area contributed by atoms with Gasteiger partial charge in [-0.1, -0.05) is 35.9 Å². The minimum Gasteiger partial charge on any atom is -0.368 e. The maximum Gasteiger partial charge on any atom is 0.138 e. The van der Waals surface area contributed by atoms with Crippen molar-refractivity contribution in [1.82, 2.24) is 9.97 Å². The third kappa shape index (κ3) is 3.98. The van der Waals surface area contributed by atoms with Crippen molar-refractivity contribution in [2.24, 2.45) is 0 Å². The van der Waals surface area contributed by atoms with Gasteiger partial charge in [-0.15, -0.1) is 0 Å². The second-order valence-corrected chi connectivity index (χ2v) is 7.02. The molecule has 4 rings (SSSR count). The van der Waals surface area contributed by atoms with Gasteiger partial charge in [0.05, 0.1) is 0 Å². The van der Waals surface area contributed by atoms with Crippen LogP contribution in [0.25, 0.3) is 0 Å². The van der Waals surface area contributed by atoms with Gasteiger partial charge in [0.2, 0.25) is 0 Å². The van der Waals surface area contributed by atoms with E-state index in [4.69, 9.17) is 11.6 Å². The van der Waals surface area contributed by atoms with Crippen LogP contribution in [-0.4, -0.2) is 43.2 Å². The fourth-order valence-corrected chi connectivity index (χ4v) is 3.53. The predicted molar refractivity (Wildman–Crippen MR) is 112 cm³/mol. The molecule has 1 saturated heterocycles. The summed E-state index contributed by atoms with van der Waals surface area (Å²) in [4.78, 5) is 15.7. The van der Waals surface area contributed by atoms with Gasteiger partial charge in [0.15, 0.2) is 0 Å². The first kappa shape index (κ1) is 17.6. The molecule has 0 aliphatic carbocycles. The first-order valence-electron chi connectivity index (χ1n) is 9.07. The third-order valence-electron chi connectivity index (χ3n) is 4.90. The van der Waals surface area contributed by atoms with Gasteiger partial charge in [0.1, 0.15) is 18.0 Å². The zero-order valence-corrected chi connectivity index (χ0v) is 16.0. The van der Waals surface area contributed by atoms with Gasteiger partial charge < -0.3 is 14.7 Å². The van der Waals surface area contributed by atoms with E-state index >= 15 is 0 Å². The lowest BCUT2D eigenvalue weighted by atomic mass is 10.2. The van der Waals surface area contributed by atoms with Crippen LogP contribution in [0.2, 0.25) is 5.02 Å². The molecule has 1 aliphatic heterocycles. The molecule has 27 heavy (non-hydrogen) atoms. The van der Waals surface area contributed by atoms with E-state index in [2.05, 4.69) is 48.9 Å². The Morgan fingerprint density at radius 3 is 2.33 bits per heavy atom. The van der Waals surface area contributed by atoms with Crippen LogP contribution < -0.4 is 14.7 Å². The molecule has 0 atom stereocenters. The van der Waals surface area contributed by atoms with Crippen LogP contribution >= 0.6 is 11.6 Å². The van der Waals surface area contributed by atoms with E-state index < -0.39 is 0 Å². The van der Waals surface area contributed by atoms with Crippen molar-refractivity contribution in [3.63, 3.8) is 0 Å². The maximum absolute atomic E-state index is 6.13. The number of rotatable bonds is 4. The Labute approximate surface area is 164 Å². The zero-order chi connectivity index (χ0) is 18.6. The minimum atomic E-state index is 0.777. The van der Waals surface area contributed by atoms with Gasteiger partial charge >= 0.3 is 0 Å². The molecule has 5 nitrogen and oxygen atoms in total. The van der Waals surface area contributed by atoms with E-state index in [0.29, 0.717) is 0 Å². The number of aromatic nitrogens is 2. The summed E-state index contributed by atoms with van der Waals surface area (Å²) in [6.45, 7) is 3.71. The largest absolute Gasteiger partial charge is 0.368 e. The molecule has 3 aromatic rings. The molecule has 1 fully saturated rings.